The number of hydrogen-bond donors (Lipinski definition) is 1. The van der Waals surface area contributed by atoms with Crippen molar-refractivity contribution in [3.63, 3.8) is 0 Å². The summed E-state index contributed by atoms with van der Waals surface area (Å²) in [5, 5.41) is 7.75. The van der Waals surface area contributed by atoms with Gasteiger partial charge in [-0.1, -0.05) is 25.9 Å². The molecule has 5 aliphatic rings. The number of hydrogen-bond acceptors (Lipinski definition) is 4. The van der Waals surface area contributed by atoms with E-state index in [-0.39, 0.29) is 41.1 Å². The number of allylic oxidation sites excluding steroid dienone is 1. The number of nitrogens with zero attached hydrogens (tertiary/aromatic N) is 1. The Bertz CT molecular complexity index is 816. The fourth-order valence-corrected chi connectivity index (χ4v) is 8.07. The second kappa shape index (κ2) is 7.64. The summed E-state index contributed by atoms with van der Waals surface area (Å²) in [4.78, 5) is 18.7. The van der Waals surface area contributed by atoms with E-state index in [2.05, 4.69) is 24.3 Å². The van der Waals surface area contributed by atoms with Crippen LogP contribution in [0, 0.1) is 40.4 Å². The summed E-state index contributed by atoms with van der Waals surface area (Å²) >= 11 is 0. The minimum atomic E-state index is -1.49. The second-order valence-corrected chi connectivity index (χ2v) is 11.5. The van der Waals surface area contributed by atoms with Crippen LogP contribution in [0.4, 0.5) is 8.78 Å². The lowest BCUT2D eigenvalue weighted by molar-refractivity contribution is -0.135. The number of oxime groups is 1. The number of halogens is 2. The van der Waals surface area contributed by atoms with Gasteiger partial charge in [-0.15, -0.1) is 0 Å². The molecule has 4 aliphatic carbocycles. The van der Waals surface area contributed by atoms with Gasteiger partial charge in [0.05, 0.1) is 5.71 Å². The van der Waals surface area contributed by atoms with E-state index in [1.807, 2.05) is 6.92 Å². The van der Waals surface area contributed by atoms with Gasteiger partial charge in [-0.2, -0.15) is 8.78 Å². The first-order valence-electron chi connectivity index (χ1n) is 12.2. The molecule has 4 nitrogen and oxygen atoms in total. The van der Waals surface area contributed by atoms with Crippen molar-refractivity contribution in [2.75, 3.05) is 13.1 Å². The smallest absolute Gasteiger partial charge is 0.269 e. The Morgan fingerprint density at radius 1 is 1.16 bits per heavy atom. The van der Waals surface area contributed by atoms with Gasteiger partial charge in [-0.25, -0.2) is 0 Å². The zero-order valence-electron chi connectivity index (χ0n) is 19.1. The number of rotatable bonds is 2. The van der Waals surface area contributed by atoms with Crippen molar-refractivity contribution in [1.82, 2.24) is 5.32 Å². The molecule has 1 aliphatic heterocycles. The molecule has 0 radical (unpaired) electrons. The molecule has 0 aromatic carbocycles. The summed E-state index contributed by atoms with van der Waals surface area (Å²) in [6.45, 7) is 8.18. The number of carbonyl (C=O) groups is 1. The molecule has 1 saturated heterocycles. The normalized spacial score (nSPS) is 48.4. The highest BCUT2D eigenvalue weighted by molar-refractivity contribution is 5.89. The van der Waals surface area contributed by atoms with Gasteiger partial charge < -0.3 is 10.2 Å². The molecule has 1 N–H and O–H groups in total. The molecule has 5 fully saturated rings. The third kappa shape index (κ3) is 3.30. The van der Waals surface area contributed by atoms with Crippen molar-refractivity contribution >= 4 is 11.5 Å². The van der Waals surface area contributed by atoms with Gasteiger partial charge in [0.1, 0.15) is 11.9 Å². The Morgan fingerprint density at radius 3 is 2.68 bits per heavy atom. The highest BCUT2D eigenvalue weighted by atomic mass is 19.3. The van der Waals surface area contributed by atoms with Crippen LogP contribution in [-0.2, 0) is 9.63 Å². The van der Waals surface area contributed by atoms with Crippen molar-refractivity contribution in [1.29, 1.82) is 0 Å². The number of fused-ring (bicyclic) bond motifs is 5. The molecule has 6 heteroatoms. The zero-order chi connectivity index (χ0) is 22.0. The van der Waals surface area contributed by atoms with Crippen LogP contribution in [-0.4, -0.2) is 30.7 Å². The van der Waals surface area contributed by atoms with E-state index in [1.165, 1.54) is 0 Å². The van der Waals surface area contributed by atoms with E-state index in [1.54, 1.807) is 0 Å². The highest BCUT2D eigenvalue weighted by Crippen LogP contribution is 2.67. The lowest BCUT2D eigenvalue weighted by Crippen LogP contribution is -2.54. The third-order valence-electron chi connectivity index (χ3n) is 9.95. The molecular formula is C25H36F2N2O2. The van der Waals surface area contributed by atoms with Gasteiger partial charge in [0.25, 0.3) is 6.08 Å². The van der Waals surface area contributed by atoms with Crippen molar-refractivity contribution in [2.45, 2.75) is 78.2 Å². The van der Waals surface area contributed by atoms with Gasteiger partial charge in [0.15, 0.2) is 0 Å². The summed E-state index contributed by atoms with van der Waals surface area (Å²) in [6.07, 6.45) is 5.19. The van der Waals surface area contributed by atoms with Crippen LogP contribution >= 0.6 is 0 Å². The average molecular weight is 435 g/mol. The Hall–Kier alpha value is -1.30. The van der Waals surface area contributed by atoms with E-state index >= 15 is 0 Å². The monoisotopic (exact) mass is 434 g/mol. The van der Waals surface area contributed by atoms with Crippen molar-refractivity contribution in [3.8, 4) is 0 Å². The Morgan fingerprint density at radius 2 is 1.97 bits per heavy atom. The first-order valence-corrected chi connectivity index (χ1v) is 12.2. The molecule has 1 heterocycles. The molecule has 6 unspecified atom stereocenters. The fourth-order valence-electron chi connectivity index (χ4n) is 8.07. The molecule has 0 aromatic rings. The third-order valence-corrected chi connectivity index (χ3v) is 9.95. The van der Waals surface area contributed by atoms with Crippen LogP contribution in [0.2, 0.25) is 0 Å². The van der Waals surface area contributed by atoms with Crippen LogP contribution in [0.3, 0.4) is 0 Å². The summed E-state index contributed by atoms with van der Waals surface area (Å²) in [5.74, 6) is 0.644. The van der Waals surface area contributed by atoms with E-state index in [0.29, 0.717) is 17.8 Å². The van der Waals surface area contributed by atoms with Gasteiger partial charge in [-0.05, 0) is 86.2 Å². The Balaban J connectivity index is 1.42. The van der Waals surface area contributed by atoms with E-state index < -0.39 is 11.5 Å². The van der Waals surface area contributed by atoms with Crippen molar-refractivity contribution in [2.24, 2.45) is 45.6 Å². The minimum absolute atomic E-state index is 0.00415. The molecular weight excluding hydrogens is 398 g/mol. The van der Waals surface area contributed by atoms with E-state index in [9.17, 15) is 13.6 Å². The SMILES string of the molecule is CC1CC2C3C(=C(F)F)CC4CC(=NOC5CCNC5)CC[C@]4(C)C3CC[C@]2(C)C1=O. The number of nitrogens with one attached hydrogen (secondary N) is 1. The highest BCUT2D eigenvalue weighted by Gasteiger charge is 2.63. The van der Waals surface area contributed by atoms with Gasteiger partial charge in [-0.3, -0.25) is 4.79 Å². The Kier molecular flexibility index (Phi) is 5.31. The van der Waals surface area contributed by atoms with Crippen LogP contribution in [0.1, 0.15) is 72.1 Å². The molecule has 0 amide bonds. The quantitative estimate of drug-likeness (QED) is 0.597. The van der Waals surface area contributed by atoms with E-state index in [0.717, 1.165) is 63.7 Å². The van der Waals surface area contributed by atoms with Gasteiger partial charge in [0.2, 0.25) is 0 Å². The first kappa shape index (κ1) is 21.5. The molecule has 0 bridgehead atoms. The Labute approximate surface area is 184 Å². The maximum absolute atomic E-state index is 14.3. The maximum atomic E-state index is 14.3. The second-order valence-electron chi connectivity index (χ2n) is 11.5. The molecule has 8 atom stereocenters. The fraction of sp³-hybridized carbons (Fsp3) is 0.840. The number of ketones is 1. The standard InChI is InChI=1S/C25H36F2N2O2/c1-14-10-20-21-18(23(26)27)12-15-11-16(29-31-17-6-9-28-13-17)4-7-24(15,2)19(21)5-8-25(20,3)22(14)30/h14-15,17,19-21,28H,4-13H2,1-3H3/t14?,15?,17?,19?,20?,21?,24-,25-/m0/s1. The number of Topliss-reactive ketones (excluding diaryl/α,β-unsaturated/α-hetero) is 1. The van der Waals surface area contributed by atoms with Crippen LogP contribution in [0.5, 0.6) is 0 Å². The molecule has 31 heavy (non-hydrogen) atoms. The summed E-state index contributed by atoms with van der Waals surface area (Å²) < 4.78 is 28.7. The summed E-state index contributed by atoms with van der Waals surface area (Å²) in [6, 6.07) is 0. The van der Waals surface area contributed by atoms with Crippen molar-refractivity contribution in [3.05, 3.63) is 11.7 Å². The summed E-state index contributed by atoms with van der Waals surface area (Å²) in [7, 11) is 0. The van der Waals surface area contributed by atoms with Crippen LogP contribution < -0.4 is 5.32 Å². The van der Waals surface area contributed by atoms with Crippen molar-refractivity contribution < 1.29 is 18.4 Å². The molecule has 4 saturated carbocycles. The lowest BCUT2D eigenvalue weighted by atomic mass is 9.44. The van der Waals surface area contributed by atoms with Crippen LogP contribution in [0.15, 0.2) is 16.8 Å². The zero-order valence-corrected chi connectivity index (χ0v) is 19.1. The van der Waals surface area contributed by atoms with Gasteiger partial charge >= 0.3 is 0 Å². The molecule has 0 spiro atoms. The molecule has 172 valence electrons. The maximum Gasteiger partial charge on any atom is 0.269 e. The molecule has 5 rings (SSSR count). The molecule has 0 aromatic heterocycles. The number of carbonyl (C=O) groups excluding carboxylic acids is 1. The topological polar surface area (TPSA) is 50.7 Å². The largest absolute Gasteiger partial charge is 0.391 e. The van der Waals surface area contributed by atoms with Crippen LogP contribution in [0.25, 0.3) is 0 Å². The predicted octanol–water partition coefficient (Wildman–Crippen LogP) is 5.34. The average Bonchev–Trinajstić information content (AvgIpc) is 3.33. The lowest BCUT2D eigenvalue weighted by Gasteiger charge is -2.60. The van der Waals surface area contributed by atoms with E-state index in [4.69, 9.17) is 4.84 Å². The first-order chi connectivity index (χ1) is 14.7. The minimum Gasteiger partial charge on any atom is -0.391 e. The van der Waals surface area contributed by atoms with Gasteiger partial charge in [0, 0.05) is 24.3 Å². The summed E-state index contributed by atoms with van der Waals surface area (Å²) in [5.41, 5.74) is 1.01. The predicted molar refractivity (Wildman–Crippen MR) is 116 cm³/mol.